The zero-order chi connectivity index (χ0) is 43.2. The standard InChI is InChI=1S/C50H48N6O6/c1-35(12-11-19-46(58)53(30-31-57)33-36-13-5-2-6-14-36)50(62)42-32-41(56-48(60)29-26-44(52-56)39-17-9-4-10-18-39)24-27-45(42)54(49(50)61)34-37-20-22-40(23-21-37)55-47(59)28-25-43(51-55)38-15-7-3-8-16-38/h2-18,20-24,27,32,35,57,62H,19,25-26,28-31,33-34H2,1H3/b12-11+/t35-,50+/m1/s1. The fourth-order valence-corrected chi connectivity index (χ4v) is 8.19. The van der Waals surface area contributed by atoms with Crippen molar-refractivity contribution in [2.45, 2.75) is 57.7 Å². The number of anilines is 3. The van der Waals surface area contributed by atoms with Gasteiger partial charge in [0.05, 0.1) is 41.6 Å². The van der Waals surface area contributed by atoms with Crippen molar-refractivity contribution in [3.05, 3.63) is 173 Å². The van der Waals surface area contributed by atoms with E-state index in [1.165, 1.54) is 14.9 Å². The molecule has 62 heavy (non-hydrogen) atoms. The van der Waals surface area contributed by atoms with Gasteiger partial charge in [-0.15, -0.1) is 0 Å². The van der Waals surface area contributed by atoms with Gasteiger partial charge in [-0.2, -0.15) is 10.2 Å². The van der Waals surface area contributed by atoms with Gasteiger partial charge in [0.15, 0.2) is 5.60 Å². The van der Waals surface area contributed by atoms with Crippen molar-refractivity contribution in [2.75, 3.05) is 28.1 Å². The van der Waals surface area contributed by atoms with Crippen LogP contribution in [-0.4, -0.2) is 63.3 Å². The van der Waals surface area contributed by atoms with E-state index in [9.17, 15) is 29.4 Å². The minimum absolute atomic E-state index is 0.0138. The molecule has 0 radical (unpaired) electrons. The van der Waals surface area contributed by atoms with E-state index in [0.29, 0.717) is 48.4 Å². The first kappa shape index (κ1) is 41.7. The predicted octanol–water partition coefficient (Wildman–Crippen LogP) is 7.09. The minimum atomic E-state index is -2.08. The second-order valence-corrected chi connectivity index (χ2v) is 15.7. The Kier molecular flexibility index (Phi) is 12.3. The molecular formula is C50H48N6O6. The molecule has 3 heterocycles. The molecule has 5 aromatic carbocycles. The number of nitrogens with zero attached hydrogens (tertiary/aromatic N) is 6. The van der Waals surface area contributed by atoms with Crippen molar-refractivity contribution < 1.29 is 29.4 Å². The molecule has 2 N–H and O–H groups in total. The maximum absolute atomic E-state index is 14.7. The number of amides is 4. The molecule has 4 amide bonds. The molecule has 0 aromatic heterocycles. The largest absolute Gasteiger partial charge is 0.395 e. The predicted molar refractivity (Wildman–Crippen MR) is 239 cm³/mol. The second-order valence-electron chi connectivity index (χ2n) is 15.7. The Morgan fingerprint density at radius 1 is 0.726 bits per heavy atom. The van der Waals surface area contributed by atoms with Crippen LogP contribution in [0.5, 0.6) is 0 Å². The average molecular weight is 829 g/mol. The van der Waals surface area contributed by atoms with E-state index in [1.54, 1.807) is 54.3 Å². The number of benzene rings is 5. The average Bonchev–Trinajstić information content (AvgIpc) is 3.52. The summed E-state index contributed by atoms with van der Waals surface area (Å²) in [7, 11) is 0. The summed E-state index contributed by atoms with van der Waals surface area (Å²) in [6.45, 7) is 2.12. The summed E-state index contributed by atoms with van der Waals surface area (Å²) in [5, 5.41) is 34.6. The molecule has 12 heteroatoms. The fraction of sp³-hybridized carbons (Fsp3) is 0.240. The van der Waals surface area contributed by atoms with Crippen molar-refractivity contribution in [3.8, 4) is 0 Å². The molecule has 8 rings (SSSR count). The lowest BCUT2D eigenvalue weighted by molar-refractivity contribution is -0.139. The van der Waals surface area contributed by atoms with E-state index < -0.39 is 17.4 Å². The molecule has 3 aliphatic heterocycles. The number of aliphatic hydroxyl groups excluding tert-OH is 1. The topological polar surface area (TPSA) is 146 Å². The van der Waals surface area contributed by atoms with E-state index in [-0.39, 0.29) is 50.3 Å². The summed E-state index contributed by atoms with van der Waals surface area (Å²) in [6, 6.07) is 41.3. The maximum atomic E-state index is 14.7. The van der Waals surface area contributed by atoms with Crippen LogP contribution in [-0.2, 0) is 37.9 Å². The molecule has 2 atom stereocenters. The molecular weight excluding hydrogens is 781 g/mol. The Morgan fingerprint density at radius 2 is 1.27 bits per heavy atom. The third-order valence-electron chi connectivity index (χ3n) is 11.6. The number of hydrogen-bond acceptors (Lipinski definition) is 8. The SMILES string of the molecule is C[C@H](/C=C/CC(=O)N(CCO)Cc1ccccc1)[C@@]1(O)C(=O)N(Cc2ccc(N3N=C(c4ccccc4)CCC3=O)cc2)c2ccc(N3N=C(c4ccccc4)CCC3=O)cc21. The third-order valence-corrected chi connectivity index (χ3v) is 11.6. The first-order valence-electron chi connectivity index (χ1n) is 20.9. The second kappa shape index (κ2) is 18.3. The fourth-order valence-electron chi connectivity index (χ4n) is 8.19. The Morgan fingerprint density at radius 3 is 1.85 bits per heavy atom. The molecule has 0 fully saturated rings. The highest BCUT2D eigenvalue weighted by atomic mass is 16.3. The number of rotatable bonds is 14. The van der Waals surface area contributed by atoms with E-state index in [4.69, 9.17) is 5.10 Å². The number of carbonyl (C=O) groups is 4. The van der Waals surface area contributed by atoms with Gasteiger partial charge in [0, 0.05) is 56.7 Å². The lowest BCUT2D eigenvalue weighted by Crippen LogP contribution is -2.44. The normalized spacial score (nSPS) is 18.2. The van der Waals surface area contributed by atoms with Gasteiger partial charge < -0.3 is 20.0 Å². The third kappa shape index (κ3) is 8.60. The van der Waals surface area contributed by atoms with Gasteiger partial charge in [-0.05, 0) is 52.6 Å². The minimum Gasteiger partial charge on any atom is -0.395 e. The van der Waals surface area contributed by atoms with Gasteiger partial charge >= 0.3 is 0 Å². The molecule has 3 aliphatic rings. The maximum Gasteiger partial charge on any atom is 0.264 e. The smallest absolute Gasteiger partial charge is 0.264 e. The summed E-state index contributed by atoms with van der Waals surface area (Å²) in [6.07, 6.45) is 4.90. The summed E-state index contributed by atoms with van der Waals surface area (Å²) in [4.78, 5) is 57.6. The van der Waals surface area contributed by atoms with Crippen LogP contribution in [0.1, 0.15) is 66.8 Å². The molecule has 0 bridgehead atoms. The van der Waals surface area contributed by atoms with Crippen LogP contribution in [0.2, 0.25) is 0 Å². The highest BCUT2D eigenvalue weighted by Crippen LogP contribution is 2.47. The Hall–Kier alpha value is -7.02. The van der Waals surface area contributed by atoms with Crippen LogP contribution >= 0.6 is 0 Å². The Balaban J connectivity index is 1.08. The molecule has 0 spiro atoms. The summed E-state index contributed by atoms with van der Waals surface area (Å²) < 4.78 is 0. The first-order chi connectivity index (χ1) is 30.1. The van der Waals surface area contributed by atoms with Crippen molar-refractivity contribution in [2.24, 2.45) is 16.1 Å². The first-order valence-corrected chi connectivity index (χ1v) is 20.9. The summed E-state index contributed by atoms with van der Waals surface area (Å²) in [5.74, 6) is -1.92. The van der Waals surface area contributed by atoms with Gasteiger partial charge in [0.2, 0.25) is 17.7 Å². The van der Waals surface area contributed by atoms with E-state index in [1.807, 2.05) is 103 Å². The molecule has 314 valence electrons. The van der Waals surface area contributed by atoms with Crippen LogP contribution in [0, 0.1) is 5.92 Å². The van der Waals surface area contributed by atoms with Gasteiger partial charge in [-0.25, -0.2) is 10.0 Å². The number of hydrogen-bond donors (Lipinski definition) is 2. The number of carbonyl (C=O) groups excluding carboxylic acids is 4. The van der Waals surface area contributed by atoms with Crippen molar-refractivity contribution >= 4 is 52.1 Å². The van der Waals surface area contributed by atoms with Gasteiger partial charge in [0.25, 0.3) is 5.91 Å². The lowest BCUT2D eigenvalue weighted by atomic mass is 9.82. The number of fused-ring (bicyclic) bond motifs is 1. The van der Waals surface area contributed by atoms with E-state index >= 15 is 0 Å². The molecule has 0 saturated heterocycles. The van der Waals surface area contributed by atoms with Gasteiger partial charge in [-0.3, -0.25) is 19.2 Å². The molecule has 5 aromatic rings. The highest BCUT2D eigenvalue weighted by molar-refractivity contribution is 6.11. The monoisotopic (exact) mass is 828 g/mol. The van der Waals surface area contributed by atoms with Crippen molar-refractivity contribution in [3.63, 3.8) is 0 Å². The van der Waals surface area contributed by atoms with Crippen LogP contribution in [0.3, 0.4) is 0 Å². The number of aliphatic hydroxyl groups is 2. The van der Waals surface area contributed by atoms with Gasteiger partial charge in [-0.1, -0.05) is 122 Å². The molecule has 0 aliphatic carbocycles. The number of hydrazone groups is 2. The zero-order valence-electron chi connectivity index (χ0n) is 34.5. The molecule has 12 nitrogen and oxygen atoms in total. The van der Waals surface area contributed by atoms with Crippen LogP contribution in [0.25, 0.3) is 0 Å². The molecule has 0 unspecified atom stereocenters. The van der Waals surface area contributed by atoms with E-state index in [2.05, 4.69) is 5.10 Å². The quantitative estimate of drug-likeness (QED) is 0.114. The summed E-state index contributed by atoms with van der Waals surface area (Å²) in [5.41, 5.74) is 4.81. The van der Waals surface area contributed by atoms with Gasteiger partial charge in [0.1, 0.15) is 0 Å². The van der Waals surface area contributed by atoms with Crippen LogP contribution in [0.15, 0.2) is 156 Å². The Bertz CT molecular complexity index is 2540. The van der Waals surface area contributed by atoms with Crippen molar-refractivity contribution in [1.82, 2.24) is 4.90 Å². The van der Waals surface area contributed by atoms with E-state index in [0.717, 1.165) is 33.7 Å². The summed E-state index contributed by atoms with van der Waals surface area (Å²) >= 11 is 0. The van der Waals surface area contributed by atoms with Crippen molar-refractivity contribution in [1.29, 1.82) is 0 Å². The highest BCUT2D eigenvalue weighted by Gasteiger charge is 2.53. The molecule has 0 saturated carbocycles. The van der Waals surface area contributed by atoms with Crippen LogP contribution < -0.4 is 14.9 Å². The van der Waals surface area contributed by atoms with Crippen LogP contribution in [0.4, 0.5) is 17.1 Å². The zero-order valence-corrected chi connectivity index (χ0v) is 34.5. The Labute approximate surface area is 360 Å². The lowest BCUT2D eigenvalue weighted by Gasteiger charge is -2.29.